The molecular formula is C23H40N3O7S+. The van der Waals surface area contributed by atoms with E-state index in [1.54, 1.807) is 24.1 Å². The molecule has 1 fully saturated rings. The van der Waals surface area contributed by atoms with Crippen LogP contribution in [0.4, 0.5) is 4.79 Å². The molecule has 1 N–H and O–H groups in total. The number of likely N-dealkylation sites (N-methyl/N-ethyl adjacent to an activating group) is 1. The van der Waals surface area contributed by atoms with Crippen LogP contribution in [0.15, 0.2) is 29.2 Å². The number of aryl methyl sites for hydroxylation is 1. The number of carbonyl (C=O) groups excluding carboxylic acids is 1. The van der Waals surface area contributed by atoms with Crippen molar-refractivity contribution in [1.29, 1.82) is 0 Å². The van der Waals surface area contributed by atoms with Gasteiger partial charge >= 0.3 is 16.1 Å². The van der Waals surface area contributed by atoms with Gasteiger partial charge < -0.3 is 24.4 Å². The number of quaternary nitrogens is 1. The van der Waals surface area contributed by atoms with Crippen molar-refractivity contribution in [1.82, 2.24) is 10.2 Å². The number of nitrogens with one attached hydrogen (secondary N) is 1. The molecule has 1 aliphatic rings. The van der Waals surface area contributed by atoms with Crippen molar-refractivity contribution in [3.8, 4) is 0 Å². The number of amides is 2. The minimum atomic E-state index is -4.04. The predicted octanol–water partition coefficient (Wildman–Crippen LogP) is 1.59. The minimum Gasteiger partial charge on any atom is -0.382 e. The number of carbonyl (C=O) groups is 1. The molecule has 194 valence electrons. The van der Waals surface area contributed by atoms with Gasteiger partial charge in [0.1, 0.15) is 13.1 Å². The molecule has 0 spiro atoms. The van der Waals surface area contributed by atoms with Crippen molar-refractivity contribution >= 4 is 16.1 Å². The van der Waals surface area contributed by atoms with Gasteiger partial charge in [0.05, 0.1) is 57.6 Å². The van der Waals surface area contributed by atoms with Crippen molar-refractivity contribution in [2.45, 2.75) is 37.4 Å². The lowest BCUT2D eigenvalue weighted by molar-refractivity contribution is -0.932. The minimum absolute atomic E-state index is 0.0822. The van der Waals surface area contributed by atoms with Crippen LogP contribution in [-0.4, -0.2) is 109 Å². The topological polar surface area (TPSA) is 103 Å². The van der Waals surface area contributed by atoms with Gasteiger partial charge in [0, 0.05) is 13.7 Å². The van der Waals surface area contributed by atoms with Gasteiger partial charge in [0.15, 0.2) is 0 Å². The molecule has 1 atom stereocenters. The van der Waals surface area contributed by atoms with Crippen LogP contribution in [0.1, 0.15) is 19.4 Å². The number of methoxy groups -OCH3 is 1. The van der Waals surface area contributed by atoms with E-state index in [1.165, 1.54) is 12.1 Å². The second-order valence-electron chi connectivity index (χ2n) is 9.73. The second kappa shape index (κ2) is 12.3. The van der Waals surface area contributed by atoms with Crippen LogP contribution >= 0.6 is 0 Å². The van der Waals surface area contributed by atoms with E-state index < -0.39 is 21.9 Å². The molecule has 2 amide bonds. The van der Waals surface area contributed by atoms with Crippen molar-refractivity contribution < 1.29 is 36.1 Å². The molecule has 34 heavy (non-hydrogen) atoms. The average Bonchev–Trinajstić information content (AvgIpc) is 3.00. The van der Waals surface area contributed by atoms with Crippen molar-refractivity contribution in [2.75, 3.05) is 73.9 Å². The van der Waals surface area contributed by atoms with Gasteiger partial charge in [-0.2, -0.15) is 8.42 Å². The van der Waals surface area contributed by atoms with E-state index in [4.69, 9.17) is 18.4 Å². The Kier molecular flexibility index (Phi) is 10.3. The second-order valence-corrected chi connectivity index (χ2v) is 11.3. The smallest absolute Gasteiger partial charge is 0.318 e. The van der Waals surface area contributed by atoms with Crippen LogP contribution in [0.2, 0.25) is 0 Å². The van der Waals surface area contributed by atoms with Crippen LogP contribution in [0, 0.1) is 6.92 Å². The number of rotatable bonds is 15. The SMILES string of the molecule is COCCOCCOCC[N+](C)(C)C(CN1CC(C)(C)NC1=O)OS(=O)(=O)c1ccc(C)cc1. The Morgan fingerprint density at radius 1 is 1.06 bits per heavy atom. The Balaban J connectivity index is 2.07. The van der Waals surface area contributed by atoms with Crippen LogP contribution in [0.5, 0.6) is 0 Å². The van der Waals surface area contributed by atoms with Crippen molar-refractivity contribution in [3.63, 3.8) is 0 Å². The molecule has 0 saturated carbocycles. The number of nitrogens with zero attached hydrogens (tertiary/aromatic N) is 2. The van der Waals surface area contributed by atoms with E-state index in [2.05, 4.69) is 5.32 Å². The molecule has 1 unspecified atom stereocenters. The van der Waals surface area contributed by atoms with E-state index in [-0.39, 0.29) is 22.0 Å². The molecule has 0 bridgehead atoms. The van der Waals surface area contributed by atoms with Gasteiger partial charge in [-0.15, -0.1) is 0 Å². The summed E-state index contributed by atoms with van der Waals surface area (Å²) in [5.74, 6) is 0. The zero-order valence-corrected chi connectivity index (χ0v) is 22.0. The largest absolute Gasteiger partial charge is 0.382 e. The maximum Gasteiger partial charge on any atom is 0.318 e. The summed E-state index contributed by atoms with van der Waals surface area (Å²) < 4.78 is 48.1. The summed E-state index contributed by atoms with van der Waals surface area (Å²) >= 11 is 0. The van der Waals surface area contributed by atoms with Crippen LogP contribution in [-0.2, 0) is 28.5 Å². The molecule has 1 heterocycles. The Bertz CT molecular complexity index is 888. The Hall–Kier alpha value is -1.76. The van der Waals surface area contributed by atoms with E-state index in [1.807, 2.05) is 34.9 Å². The Labute approximate surface area is 203 Å². The van der Waals surface area contributed by atoms with Crippen molar-refractivity contribution in [3.05, 3.63) is 29.8 Å². The highest BCUT2D eigenvalue weighted by Gasteiger charge is 2.42. The van der Waals surface area contributed by atoms with Crippen LogP contribution in [0.25, 0.3) is 0 Å². The molecule has 11 heteroatoms. The first-order valence-corrected chi connectivity index (χ1v) is 12.8. The maximum atomic E-state index is 13.1. The summed E-state index contributed by atoms with van der Waals surface area (Å²) in [4.78, 5) is 14.2. The van der Waals surface area contributed by atoms with E-state index in [9.17, 15) is 13.2 Å². The number of ether oxygens (including phenoxy) is 3. The van der Waals surface area contributed by atoms with Crippen LogP contribution < -0.4 is 5.32 Å². The third-order valence-electron chi connectivity index (χ3n) is 5.64. The highest BCUT2D eigenvalue weighted by molar-refractivity contribution is 7.86. The fourth-order valence-corrected chi connectivity index (χ4v) is 4.64. The summed E-state index contributed by atoms with van der Waals surface area (Å²) in [5.41, 5.74) is 0.548. The zero-order valence-electron chi connectivity index (χ0n) is 21.2. The number of benzene rings is 1. The maximum absolute atomic E-state index is 13.1. The van der Waals surface area contributed by atoms with Gasteiger partial charge in [0.2, 0.25) is 6.23 Å². The highest BCUT2D eigenvalue weighted by Crippen LogP contribution is 2.22. The fourth-order valence-electron chi connectivity index (χ4n) is 3.48. The van der Waals surface area contributed by atoms with Gasteiger partial charge in [-0.3, -0.25) is 4.48 Å². The molecule has 10 nitrogen and oxygen atoms in total. The van der Waals surface area contributed by atoms with Gasteiger partial charge in [-0.1, -0.05) is 17.7 Å². The molecule has 1 aromatic rings. The molecule has 1 aromatic carbocycles. The lowest BCUT2D eigenvalue weighted by atomic mass is 10.1. The van der Waals surface area contributed by atoms with E-state index in [0.29, 0.717) is 46.1 Å². The summed E-state index contributed by atoms with van der Waals surface area (Å²) in [6, 6.07) is 6.27. The summed E-state index contributed by atoms with van der Waals surface area (Å²) in [5, 5.41) is 2.91. The normalized spacial score (nSPS) is 17.1. The van der Waals surface area contributed by atoms with Crippen LogP contribution in [0.3, 0.4) is 0 Å². The molecule has 0 radical (unpaired) electrons. The Morgan fingerprint density at radius 3 is 2.21 bits per heavy atom. The van der Waals surface area contributed by atoms with Gasteiger partial charge in [0.25, 0.3) is 0 Å². The molecule has 1 aliphatic heterocycles. The lowest BCUT2D eigenvalue weighted by Gasteiger charge is -2.38. The lowest BCUT2D eigenvalue weighted by Crippen LogP contribution is -2.57. The van der Waals surface area contributed by atoms with Crippen molar-refractivity contribution in [2.24, 2.45) is 0 Å². The summed E-state index contributed by atoms with van der Waals surface area (Å²) in [6.45, 7) is 9.05. The number of urea groups is 1. The standard InChI is InChI=1S/C23H39N3O7S/c1-19-7-9-20(10-8-19)34(28,29)33-21(17-25-18-23(2,3)24-22(25)27)26(4,5)11-12-31-15-16-32-14-13-30-6/h7-10,21H,11-18H2,1-6H3/p+1. The first-order valence-electron chi connectivity index (χ1n) is 11.4. The first kappa shape index (κ1) is 28.5. The molecule has 2 rings (SSSR count). The van der Waals surface area contributed by atoms with Gasteiger partial charge in [-0.25, -0.2) is 8.98 Å². The van der Waals surface area contributed by atoms with Gasteiger partial charge in [-0.05, 0) is 32.9 Å². The monoisotopic (exact) mass is 502 g/mol. The first-order chi connectivity index (χ1) is 15.9. The zero-order chi connectivity index (χ0) is 25.4. The summed E-state index contributed by atoms with van der Waals surface area (Å²) in [7, 11) is 1.31. The Morgan fingerprint density at radius 2 is 1.65 bits per heavy atom. The predicted molar refractivity (Wildman–Crippen MR) is 128 cm³/mol. The van der Waals surface area contributed by atoms with E-state index >= 15 is 0 Å². The quantitative estimate of drug-likeness (QED) is 0.168. The molecule has 0 aliphatic carbocycles. The van der Waals surface area contributed by atoms with E-state index in [0.717, 1.165) is 5.56 Å². The fraction of sp³-hybridized carbons (Fsp3) is 0.696. The number of hydrogen-bond acceptors (Lipinski definition) is 7. The molecular weight excluding hydrogens is 462 g/mol. The molecule has 0 aromatic heterocycles. The summed E-state index contributed by atoms with van der Waals surface area (Å²) in [6.07, 6.45) is -0.826. The molecule has 1 saturated heterocycles. The third kappa shape index (κ3) is 8.79. The highest BCUT2D eigenvalue weighted by atomic mass is 32.2. The number of hydrogen-bond donors (Lipinski definition) is 1. The third-order valence-corrected chi connectivity index (χ3v) is 6.96. The average molecular weight is 503 g/mol.